The monoisotopic (exact) mass is 215 g/mol. The molecule has 3 N–H and O–H groups in total. The van der Waals surface area contributed by atoms with E-state index in [0.29, 0.717) is 25.7 Å². The van der Waals surface area contributed by atoms with E-state index in [2.05, 4.69) is 10.3 Å². The van der Waals surface area contributed by atoms with Gasteiger partial charge in [-0.1, -0.05) is 0 Å². The van der Waals surface area contributed by atoms with Gasteiger partial charge in [0.25, 0.3) is 6.01 Å². The fraction of sp³-hybridized carbons (Fsp3) is 0.667. The Labute approximate surface area is 88.8 Å². The lowest BCUT2D eigenvalue weighted by Crippen LogP contribution is -2.26. The van der Waals surface area contributed by atoms with Gasteiger partial charge in [-0.05, 0) is 0 Å². The van der Waals surface area contributed by atoms with Crippen LogP contribution < -0.4 is 11.1 Å². The van der Waals surface area contributed by atoms with Crippen molar-refractivity contribution in [2.45, 2.75) is 12.6 Å². The average Bonchev–Trinajstić information content (AvgIpc) is 2.72. The number of hydrogen-bond donors (Lipinski definition) is 2. The number of nitrogens with one attached hydrogen (secondary N) is 1. The number of ether oxygens (including phenoxy) is 2. The lowest BCUT2D eigenvalue weighted by atomic mass is 10.4. The van der Waals surface area contributed by atoms with E-state index in [1.165, 1.54) is 6.26 Å². The van der Waals surface area contributed by atoms with Crippen LogP contribution in [0, 0.1) is 0 Å². The van der Waals surface area contributed by atoms with E-state index in [-0.39, 0.29) is 6.10 Å². The van der Waals surface area contributed by atoms with E-state index in [1.54, 1.807) is 14.2 Å². The van der Waals surface area contributed by atoms with E-state index in [4.69, 9.17) is 19.6 Å². The first-order chi connectivity index (χ1) is 7.30. The molecular formula is C9H17N3O3. The van der Waals surface area contributed by atoms with Crippen molar-refractivity contribution in [3.8, 4) is 0 Å². The van der Waals surface area contributed by atoms with Crippen LogP contribution in [0.5, 0.6) is 0 Å². The molecule has 6 heteroatoms. The molecule has 15 heavy (non-hydrogen) atoms. The highest BCUT2D eigenvalue weighted by atomic mass is 16.5. The number of aromatic nitrogens is 1. The Morgan fingerprint density at radius 1 is 1.60 bits per heavy atom. The molecule has 0 amide bonds. The molecular weight excluding hydrogens is 198 g/mol. The highest BCUT2D eigenvalue weighted by molar-refractivity contribution is 5.21. The molecule has 0 saturated carbocycles. The third-order valence-electron chi connectivity index (χ3n) is 1.93. The van der Waals surface area contributed by atoms with Gasteiger partial charge in [0.1, 0.15) is 6.26 Å². The van der Waals surface area contributed by atoms with Crippen LogP contribution in [0.15, 0.2) is 10.7 Å². The summed E-state index contributed by atoms with van der Waals surface area (Å²) in [6.45, 7) is 1.47. The van der Waals surface area contributed by atoms with Crippen LogP contribution in [-0.4, -0.2) is 38.5 Å². The first-order valence-electron chi connectivity index (χ1n) is 4.70. The van der Waals surface area contributed by atoms with Gasteiger partial charge in [-0.2, -0.15) is 4.98 Å². The van der Waals surface area contributed by atoms with Gasteiger partial charge in [0, 0.05) is 27.3 Å². The molecule has 1 aromatic rings. The fourth-order valence-electron chi connectivity index (χ4n) is 1.08. The number of nitrogens with zero attached hydrogens (tertiary/aromatic N) is 1. The molecule has 0 bridgehead atoms. The van der Waals surface area contributed by atoms with Crippen LogP contribution in [0.25, 0.3) is 0 Å². The van der Waals surface area contributed by atoms with Crippen LogP contribution in [0.2, 0.25) is 0 Å². The van der Waals surface area contributed by atoms with Crippen LogP contribution >= 0.6 is 0 Å². The van der Waals surface area contributed by atoms with E-state index < -0.39 is 0 Å². The van der Waals surface area contributed by atoms with Crippen molar-refractivity contribution in [1.82, 2.24) is 4.98 Å². The van der Waals surface area contributed by atoms with Gasteiger partial charge >= 0.3 is 0 Å². The Kier molecular flexibility index (Phi) is 5.09. The number of rotatable bonds is 7. The molecule has 0 aromatic carbocycles. The minimum absolute atomic E-state index is 0.0248. The molecule has 1 aromatic heterocycles. The Bertz CT molecular complexity index is 277. The molecule has 0 fully saturated rings. The maximum absolute atomic E-state index is 5.40. The lowest BCUT2D eigenvalue weighted by Gasteiger charge is -2.13. The van der Waals surface area contributed by atoms with Gasteiger partial charge in [0.05, 0.1) is 18.4 Å². The van der Waals surface area contributed by atoms with Crippen molar-refractivity contribution >= 4 is 6.01 Å². The zero-order valence-corrected chi connectivity index (χ0v) is 9.03. The molecule has 86 valence electrons. The molecule has 0 aliphatic heterocycles. The number of anilines is 1. The normalized spacial score (nSPS) is 12.7. The summed E-state index contributed by atoms with van der Waals surface area (Å²) in [6.07, 6.45) is 1.50. The molecule has 6 nitrogen and oxygen atoms in total. The molecule has 0 saturated heterocycles. The second-order valence-corrected chi connectivity index (χ2v) is 3.04. The molecule has 0 aliphatic carbocycles. The second-order valence-electron chi connectivity index (χ2n) is 3.04. The average molecular weight is 215 g/mol. The maximum Gasteiger partial charge on any atom is 0.294 e. The maximum atomic E-state index is 5.40. The minimum atomic E-state index is -0.0248. The van der Waals surface area contributed by atoms with Gasteiger partial charge in [-0.25, -0.2) is 0 Å². The van der Waals surface area contributed by atoms with E-state index >= 15 is 0 Å². The Morgan fingerprint density at radius 3 is 2.93 bits per heavy atom. The van der Waals surface area contributed by atoms with Crippen molar-refractivity contribution in [2.24, 2.45) is 5.73 Å². The van der Waals surface area contributed by atoms with Crippen LogP contribution in [0.3, 0.4) is 0 Å². The summed E-state index contributed by atoms with van der Waals surface area (Å²) in [7, 11) is 3.26. The van der Waals surface area contributed by atoms with Crippen molar-refractivity contribution in [3.63, 3.8) is 0 Å². The number of hydrogen-bond acceptors (Lipinski definition) is 6. The molecule has 0 spiro atoms. The summed E-state index contributed by atoms with van der Waals surface area (Å²) in [4.78, 5) is 4.10. The van der Waals surface area contributed by atoms with Crippen molar-refractivity contribution in [1.29, 1.82) is 0 Å². The number of oxazole rings is 1. The highest BCUT2D eigenvalue weighted by Gasteiger charge is 2.08. The molecule has 0 radical (unpaired) electrons. The molecule has 0 aliphatic rings. The molecule has 1 heterocycles. The largest absolute Gasteiger partial charge is 0.432 e. The molecule has 1 unspecified atom stereocenters. The van der Waals surface area contributed by atoms with Gasteiger partial charge in [-0.3, -0.25) is 0 Å². The topological polar surface area (TPSA) is 82.5 Å². The van der Waals surface area contributed by atoms with Gasteiger partial charge in [0.2, 0.25) is 0 Å². The molecule has 1 atom stereocenters. The summed E-state index contributed by atoms with van der Waals surface area (Å²) in [5, 5.41) is 3.00. The highest BCUT2D eigenvalue weighted by Crippen LogP contribution is 2.06. The summed E-state index contributed by atoms with van der Waals surface area (Å²) in [5.41, 5.74) is 6.12. The lowest BCUT2D eigenvalue weighted by molar-refractivity contribution is 0.0363. The molecule has 1 rings (SSSR count). The summed E-state index contributed by atoms with van der Waals surface area (Å²) in [5.74, 6) is 0. The Hall–Kier alpha value is -1.11. The first kappa shape index (κ1) is 12.0. The van der Waals surface area contributed by atoms with Crippen LogP contribution in [0.1, 0.15) is 5.69 Å². The smallest absolute Gasteiger partial charge is 0.294 e. The predicted octanol–water partition coefficient (Wildman–Crippen LogP) is 0.207. The van der Waals surface area contributed by atoms with E-state index in [9.17, 15) is 0 Å². The fourth-order valence-corrected chi connectivity index (χ4v) is 1.08. The van der Waals surface area contributed by atoms with Gasteiger partial charge < -0.3 is 24.9 Å². The number of nitrogens with two attached hydrogens (primary N) is 1. The van der Waals surface area contributed by atoms with Gasteiger partial charge in [-0.15, -0.1) is 0 Å². The Balaban J connectivity index is 2.34. The number of methoxy groups -OCH3 is 2. The summed E-state index contributed by atoms with van der Waals surface area (Å²) < 4.78 is 15.3. The first-order valence-corrected chi connectivity index (χ1v) is 4.70. The van der Waals surface area contributed by atoms with Crippen molar-refractivity contribution in [2.75, 3.05) is 32.7 Å². The third-order valence-corrected chi connectivity index (χ3v) is 1.93. The minimum Gasteiger partial charge on any atom is -0.432 e. The van der Waals surface area contributed by atoms with Crippen molar-refractivity contribution < 1.29 is 13.9 Å². The Morgan fingerprint density at radius 2 is 2.40 bits per heavy atom. The second kappa shape index (κ2) is 6.39. The summed E-state index contributed by atoms with van der Waals surface area (Å²) >= 11 is 0. The van der Waals surface area contributed by atoms with Gasteiger partial charge in [0.15, 0.2) is 0 Å². The van der Waals surface area contributed by atoms with Crippen molar-refractivity contribution in [3.05, 3.63) is 12.0 Å². The zero-order valence-electron chi connectivity index (χ0n) is 9.03. The standard InChI is InChI=1S/C9H17N3O3/c1-13-6-8(14-2)4-11-9-12-7(3-10)5-15-9/h5,8H,3-4,6,10H2,1-2H3,(H,11,12). The SMILES string of the molecule is COCC(CNc1nc(CN)co1)OC. The van der Waals surface area contributed by atoms with E-state index in [1.807, 2.05) is 0 Å². The quantitative estimate of drug-likeness (QED) is 0.676. The zero-order chi connectivity index (χ0) is 11.1. The van der Waals surface area contributed by atoms with E-state index in [0.717, 1.165) is 5.69 Å². The summed E-state index contributed by atoms with van der Waals surface area (Å²) in [6, 6.07) is 0.452. The predicted molar refractivity (Wildman–Crippen MR) is 55.6 cm³/mol. The van der Waals surface area contributed by atoms with Crippen LogP contribution in [-0.2, 0) is 16.0 Å². The van der Waals surface area contributed by atoms with Crippen LogP contribution in [0.4, 0.5) is 6.01 Å². The third kappa shape index (κ3) is 3.86.